The second-order valence-corrected chi connectivity index (χ2v) is 21.9. The van der Waals surface area contributed by atoms with Gasteiger partial charge >= 0.3 is 34.2 Å². The van der Waals surface area contributed by atoms with Gasteiger partial charge in [-0.25, -0.2) is 0 Å². The maximum Gasteiger partial charge on any atom is 0.320 e. The van der Waals surface area contributed by atoms with E-state index in [-0.39, 0.29) is 0 Å². The minimum atomic E-state index is -2.58. The second-order valence-electron chi connectivity index (χ2n) is 6.39. The summed E-state index contributed by atoms with van der Waals surface area (Å²) in [6.07, 6.45) is 0. The zero-order chi connectivity index (χ0) is 15.5. The average Bonchev–Trinajstić information content (AvgIpc) is 1.90. The van der Waals surface area contributed by atoms with Crippen LogP contribution in [0.2, 0.25) is 58.9 Å². The first-order valence-electron chi connectivity index (χ1n) is 6.65. The van der Waals surface area contributed by atoms with Crippen LogP contribution in [0, 0.1) is 0 Å². The van der Waals surface area contributed by atoms with Crippen molar-refractivity contribution in [2.45, 2.75) is 58.9 Å². The summed E-state index contributed by atoms with van der Waals surface area (Å²) in [7, 11) is -9.81. The van der Waals surface area contributed by atoms with E-state index in [0.717, 1.165) is 0 Å². The van der Waals surface area contributed by atoms with Gasteiger partial charge in [-0.2, -0.15) is 0 Å². The third-order valence-electron chi connectivity index (χ3n) is 1.97. The number of rotatable bonds is 8. The van der Waals surface area contributed by atoms with Crippen LogP contribution in [0.4, 0.5) is 0 Å². The third kappa shape index (κ3) is 10.3. The fourth-order valence-corrected chi connectivity index (χ4v) is 21.1. The maximum absolute atomic E-state index is 9.90. The monoisotopic (exact) mass is 358 g/mol. The van der Waals surface area contributed by atoms with Crippen molar-refractivity contribution < 1.29 is 21.3 Å². The highest BCUT2D eigenvalue weighted by Crippen LogP contribution is 2.23. The van der Waals surface area contributed by atoms with Crippen molar-refractivity contribution in [3.8, 4) is 0 Å². The molecule has 0 aliphatic rings. The van der Waals surface area contributed by atoms with Crippen LogP contribution in [0.5, 0.6) is 0 Å². The molecule has 0 rings (SSSR count). The predicted octanol–water partition coefficient (Wildman–Crippen LogP) is 1.98. The largest absolute Gasteiger partial charge is 0.442 e. The first kappa shape index (κ1) is 19.9. The van der Waals surface area contributed by atoms with Gasteiger partial charge in [0.25, 0.3) is 0 Å². The Kier molecular flexibility index (Phi) is 7.08. The molecule has 0 aliphatic heterocycles. The molecule has 5 nitrogen and oxygen atoms in total. The summed E-state index contributed by atoms with van der Waals surface area (Å²) in [6.45, 7) is 17.7. The van der Waals surface area contributed by atoms with Crippen molar-refractivity contribution in [3.05, 3.63) is 0 Å². The minimum absolute atomic E-state index is 0.478. The topological polar surface area (TPSA) is 57.2 Å². The first-order chi connectivity index (χ1) is 8.18. The van der Waals surface area contributed by atoms with Crippen LogP contribution < -0.4 is 0 Å². The van der Waals surface area contributed by atoms with Gasteiger partial charge in [0.2, 0.25) is 0 Å². The molecule has 116 valence electrons. The molecule has 0 aliphatic carbocycles. The molecule has 0 saturated carbocycles. The van der Waals surface area contributed by atoms with Crippen LogP contribution >= 0.6 is 0 Å². The molecule has 0 fully saturated rings. The predicted molar refractivity (Wildman–Crippen MR) is 90.9 cm³/mol. The molecule has 0 unspecified atom stereocenters. The smallest absolute Gasteiger partial charge is 0.320 e. The van der Waals surface area contributed by atoms with E-state index in [1.807, 2.05) is 26.2 Å². The van der Waals surface area contributed by atoms with Gasteiger partial charge in [-0.3, -0.25) is 0 Å². The SMILES string of the molecule is C[SiH2]O[Si](C)(C)O[Si](C)(C)O[Si](C)(C)O[Si](C)(C)O. The van der Waals surface area contributed by atoms with E-state index in [4.69, 9.17) is 16.5 Å². The van der Waals surface area contributed by atoms with E-state index in [1.165, 1.54) is 0 Å². The lowest BCUT2D eigenvalue weighted by atomic mass is 11.9. The summed E-state index contributed by atoms with van der Waals surface area (Å²) in [5, 5.41) is 0. The Morgan fingerprint density at radius 3 is 1.42 bits per heavy atom. The Labute approximate surface area is 124 Å². The molecular weight excluding hydrogens is 329 g/mol. The molecule has 1 N–H and O–H groups in total. The van der Waals surface area contributed by atoms with Crippen molar-refractivity contribution in [2.24, 2.45) is 0 Å². The van der Waals surface area contributed by atoms with E-state index in [1.54, 1.807) is 13.1 Å². The van der Waals surface area contributed by atoms with Gasteiger partial charge in [-0.05, 0) is 52.4 Å². The number of hydrogen-bond donors (Lipinski definition) is 1. The van der Waals surface area contributed by atoms with Gasteiger partial charge in [-0.15, -0.1) is 0 Å². The van der Waals surface area contributed by atoms with E-state index in [0.29, 0.717) is 0 Å². The quantitative estimate of drug-likeness (QED) is 0.672. The van der Waals surface area contributed by atoms with Gasteiger partial charge in [-0.1, -0.05) is 6.55 Å². The van der Waals surface area contributed by atoms with Gasteiger partial charge in [0.15, 0.2) is 0 Å². The fraction of sp³-hybridized carbons (Fsp3) is 1.00. The summed E-state index contributed by atoms with van der Waals surface area (Å²) in [6, 6.07) is 0. The fourth-order valence-electron chi connectivity index (χ4n) is 2.20. The lowest BCUT2D eigenvalue weighted by molar-refractivity contribution is 0.282. The Bertz CT molecular complexity index is 289. The Morgan fingerprint density at radius 1 is 0.684 bits per heavy atom. The van der Waals surface area contributed by atoms with E-state index in [9.17, 15) is 4.80 Å². The average molecular weight is 359 g/mol. The minimum Gasteiger partial charge on any atom is -0.442 e. The Balaban J connectivity index is 4.67. The normalized spacial score (nSPS) is 15.5. The first-order valence-corrected chi connectivity index (χ1v) is 19.9. The van der Waals surface area contributed by atoms with E-state index in [2.05, 4.69) is 19.6 Å². The van der Waals surface area contributed by atoms with Crippen LogP contribution in [0.3, 0.4) is 0 Å². The molecule has 19 heavy (non-hydrogen) atoms. The van der Waals surface area contributed by atoms with Gasteiger partial charge in [0, 0.05) is 0 Å². The van der Waals surface area contributed by atoms with Crippen LogP contribution in [-0.4, -0.2) is 48.8 Å². The second kappa shape index (κ2) is 6.76. The molecule has 0 aromatic rings. The van der Waals surface area contributed by atoms with Gasteiger partial charge in [0.1, 0.15) is 9.76 Å². The zero-order valence-corrected chi connectivity index (χ0v) is 19.2. The highest BCUT2D eigenvalue weighted by Gasteiger charge is 2.43. The molecule has 0 atom stereocenters. The van der Waals surface area contributed by atoms with Crippen LogP contribution in [-0.2, 0) is 16.5 Å². The molecular formula is C9H30O5Si5. The van der Waals surface area contributed by atoms with Crippen molar-refractivity contribution >= 4 is 44.0 Å². The van der Waals surface area contributed by atoms with Crippen molar-refractivity contribution in [1.82, 2.24) is 0 Å². The molecule has 0 aromatic carbocycles. The Morgan fingerprint density at radius 2 is 1.05 bits per heavy atom. The molecule has 10 heteroatoms. The maximum atomic E-state index is 9.90. The van der Waals surface area contributed by atoms with Gasteiger partial charge < -0.3 is 21.3 Å². The summed E-state index contributed by atoms with van der Waals surface area (Å²) >= 11 is 0. The zero-order valence-electron chi connectivity index (χ0n) is 13.8. The Hall–Kier alpha value is 0.884. The van der Waals surface area contributed by atoms with Crippen LogP contribution in [0.15, 0.2) is 0 Å². The summed E-state index contributed by atoms with van der Waals surface area (Å²) in [5.74, 6) is 0. The summed E-state index contributed by atoms with van der Waals surface area (Å²) < 4.78 is 23.9. The lowest BCUT2D eigenvalue weighted by Crippen LogP contribution is -2.57. The number of hydrogen-bond acceptors (Lipinski definition) is 5. The van der Waals surface area contributed by atoms with Crippen LogP contribution in [0.25, 0.3) is 0 Å². The van der Waals surface area contributed by atoms with Crippen molar-refractivity contribution in [1.29, 1.82) is 0 Å². The van der Waals surface area contributed by atoms with Gasteiger partial charge in [0.05, 0.1) is 0 Å². The molecule has 0 saturated heterocycles. The molecule has 0 spiro atoms. The molecule has 0 amide bonds. The summed E-state index contributed by atoms with van der Waals surface area (Å²) in [4.78, 5) is 9.90. The summed E-state index contributed by atoms with van der Waals surface area (Å²) in [5.41, 5.74) is 0. The highest BCUT2D eigenvalue weighted by atomic mass is 28.5. The van der Waals surface area contributed by atoms with E-state index >= 15 is 0 Å². The highest BCUT2D eigenvalue weighted by molar-refractivity contribution is 6.87. The molecule has 0 radical (unpaired) electrons. The third-order valence-corrected chi connectivity index (χ3v) is 17.7. The van der Waals surface area contributed by atoms with Crippen molar-refractivity contribution in [2.75, 3.05) is 0 Å². The van der Waals surface area contributed by atoms with Crippen molar-refractivity contribution in [3.63, 3.8) is 0 Å². The van der Waals surface area contributed by atoms with E-state index < -0.39 is 44.0 Å². The standard InChI is InChI=1S/C9H30O5Si5/c1-15-11-17(4,5)13-19(8,9)14-18(6,7)12-16(2,3)10/h10H,15H2,1-9H3. The molecule has 0 aromatic heterocycles. The molecule has 0 bridgehead atoms. The van der Waals surface area contributed by atoms with Crippen LogP contribution in [0.1, 0.15) is 0 Å². The lowest BCUT2D eigenvalue weighted by Gasteiger charge is -2.39. The molecule has 0 heterocycles.